The van der Waals surface area contributed by atoms with Crippen LogP contribution in [0, 0.1) is 0 Å². The Kier molecular flexibility index (Phi) is 5.04. The number of rotatable bonds is 5. The molecule has 2 aromatic carbocycles. The summed E-state index contributed by atoms with van der Waals surface area (Å²) in [5.74, 6) is -0.140. The first-order valence-electron chi connectivity index (χ1n) is 6.75. The molecule has 2 rings (SSSR count). The van der Waals surface area contributed by atoms with Gasteiger partial charge in [0, 0.05) is 11.1 Å². The maximum Gasteiger partial charge on any atom is 0.180 e. The lowest BCUT2D eigenvalue weighted by atomic mass is 10.1. The minimum absolute atomic E-state index is 0.140. The van der Waals surface area contributed by atoms with Gasteiger partial charge in [-0.05, 0) is 35.7 Å². The van der Waals surface area contributed by atoms with Crippen LogP contribution in [0.2, 0.25) is 5.02 Å². The zero-order valence-corrected chi connectivity index (χ0v) is 13.4. The molecule has 21 heavy (non-hydrogen) atoms. The number of nitrogens with two attached hydrogens (primary N) is 1. The minimum Gasteiger partial charge on any atom is -0.323 e. The van der Waals surface area contributed by atoms with E-state index in [1.165, 1.54) is 17.7 Å². The zero-order valence-electron chi connectivity index (χ0n) is 11.8. The fourth-order valence-electron chi connectivity index (χ4n) is 2.09. The number of sulfone groups is 1. The second kappa shape index (κ2) is 6.60. The van der Waals surface area contributed by atoms with Gasteiger partial charge in [0.1, 0.15) is 0 Å². The van der Waals surface area contributed by atoms with Crippen LogP contribution in [0.15, 0.2) is 53.4 Å². The first kappa shape index (κ1) is 16.0. The Bertz CT molecular complexity index is 711. The molecule has 0 aliphatic carbocycles. The molecule has 0 amide bonds. The number of aryl methyl sites for hydroxylation is 1. The van der Waals surface area contributed by atoms with Crippen LogP contribution in [0.25, 0.3) is 0 Å². The lowest BCUT2D eigenvalue weighted by molar-refractivity contribution is 0.589. The Balaban J connectivity index is 2.19. The Morgan fingerprint density at radius 1 is 1.14 bits per heavy atom. The summed E-state index contributed by atoms with van der Waals surface area (Å²) in [6, 6.07) is 13.4. The van der Waals surface area contributed by atoms with Crippen molar-refractivity contribution >= 4 is 21.4 Å². The molecule has 112 valence electrons. The summed E-state index contributed by atoms with van der Waals surface area (Å²) in [4.78, 5) is 0.204. The first-order valence-corrected chi connectivity index (χ1v) is 8.78. The van der Waals surface area contributed by atoms with E-state index < -0.39 is 15.9 Å². The van der Waals surface area contributed by atoms with E-state index >= 15 is 0 Å². The number of benzene rings is 2. The van der Waals surface area contributed by atoms with Gasteiger partial charge < -0.3 is 5.73 Å². The standard InChI is InChI=1S/C16H18ClNO2S/c1-2-12-6-8-13(9-7-12)16(18)11-21(19,20)15-5-3-4-14(17)10-15/h3-10,16H,2,11,18H2,1H3. The van der Waals surface area contributed by atoms with Crippen molar-refractivity contribution in [3.63, 3.8) is 0 Å². The molecule has 0 heterocycles. The molecule has 2 aromatic rings. The maximum atomic E-state index is 12.4. The summed E-state index contributed by atoms with van der Waals surface area (Å²) in [6.07, 6.45) is 0.941. The first-order chi connectivity index (χ1) is 9.92. The summed E-state index contributed by atoms with van der Waals surface area (Å²) in [5.41, 5.74) is 8.05. The Labute approximate surface area is 130 Å². The molecule has 0 saturated carbocycles. The van der Waals surface area contributed by atoms with Crippen LogP contribution in [0.4, 0.5) is 0 Å². The van der Waals surface area contributed by atoms with Crippen LogP contribution in [-0.4, -0.2) is 14.2 Å². The fraction of sp³-hybridized carbons (Fsp3) is 0.250. The van der Waals surface area contributed by atoms with E-state index in [9.17, 15) is 8.42 Å². The monoisotopic (exact) mass is 323 g/mol. The molecule has 5 heteroatoms. The van der Waals surface area contributed by atoms with E-state index in [0.717, 1.165) is 12.0 Å². The molecule has 0 bridgehead atoms. The van der Waals surface area contributed by atoms with Crippen molar-refractivity contribution < 1.29 is 8.42 Å². The van der Waals surface area contributed by atoms with Crippen molar-refractivity contribution in [2.75, 3.05) is 5.75 Å². The van der Waals surface area contributed by atoms with Gasteiger partial charge in [0.25, 0.3) is 0 Å². The molecular formula is C16H18ClNO2S. The molecule has 1 unspecified atom stereocenters. The van der Waals surface area contributed by atoms with Crippen LogP contribution < -0.4 is 5.73 Å². The van der Waals surface area contributed by atoms with Crippen LogP contribution in [0.3, 0.4) is 0 Å². The van der Waals surface area contributed by atoms with Crippen molar-refractivity contribution in [1.82, 2.24) is 0 Å². The second-order valence-corrected chi connectivity index (χ2v) is 7.41. The van der Waals surface area contributed by atoms with Gasteiger partial charge in [-0.1, -0.05) is 48.9 Å². The van der Waals surface area contributed by atoms with Crippen LogP contribution in [-0.2, 0) is 16.3 Å². The van der Waals surface area contributed by atoms with E-state index in [1.807, 2.05) is 24.3 Å². The summed E-state index contributed by atoms with van der Waals surface area (Å²) in [7, 11) is -3.46. The summed E-state index contributed by atoms with van der Waals surface area (Å²) < 4.78 is 24.7. The zero-order chi connectivity index (χ0) is 15.5. The summed E-state index contributed by atoms with van der Waals surface area (Å²) in [6.45, 7) is 2.07. The Hall–Kier alpha value is -1.36. The third kappa shape index (κ3) is 4.06. The molecule has 0 aliphatic rings. The molecule has 1 atom stereocenters. The van der Waals surface area contributed by atoms with Gasteiger partial charge in [0.05, 0.1) is 10.6 Å². The van der Waals surface area contributed by atoms with E-state index in [4.69, 9.17) is 17.3 Å². The topological polar surface area (TPSA) is 60.2 Å². The average molecular weight is 324 g/mol. The van der Waals surface area contributed by atoms with Gasteiger partial charge in [0.15, 0.2) is 9.84 Å². The molecule has 3 nitrogen and oxygen atoms in total. The van der Waals surface area contributed by atoms with Gasteiger partial charge in [-0.2, -0.15) is 0 Å². The number of hydrogen-bond donors (Lipinski definition) is 1. The van der Waals surface area contributed by atoms with Gasteiger partial charge in [-0.3, -0.25) is 0 Å². The van der Waals surface area contributed by atoms with Crippen molar-refractivity contribution in [2.24, 2.45) is 5.73 Å². The molecule has 0 aromatic heterocycles. The normalized spacial score (nSPS) is 13.1. The highest BCUT2D eigenvalue weighted by atomic mass is 35.5. The molecular weight excluding hydrogens is 306 g/mol. The smallest absolute Gasteiger partial charge is 0.180 e. The van der Waals surface area contributed by atoms with Gasteiger partial charge in [0.2, 0.25) is 0 Å². The second-order valence-electron chi connectivity index (χ2n) is 4.94. The number of halogens is 1. The van der Waals surface area contributed by atoms with Crippen LogP contribution in [0.5, 0.6) is 0 Å². The average Bonchev–Trinajstić information content (AvgIpc) is 2.47. The molecule has 2 N–H and O–H groups in total. The van der Waals surface area contributed by atoms with Gasteiger partial charge in [-0.25, -0.2) is 8.42 Å². The lowest BCUT2D eigenvalue weighted by Crippen LogP contribution is -2.21. The highest BCUT2D eigenvalue weighted by Gasteiger charge is 2.20. The SMILES string of the molecule is CCc1ccc(C(N)CS(=O)(=O)c2cccc(Cl)c2)cc1. The van der Waals surface area contributed by atoms with Crippen LogP contribution in [0.1, 0.15) is 24.1 Å². The summed E-state index contributed by atoms with van der Waals surface area (Å²) in [5, 5.41) is 0.400. The lowest BCUT2D eigenvalue weighted by Gasteiger charge is -2.13. The predicted molar refractivity (Wildman–Crippen MR) is 86.3 cm³/mol. The van der Waals surface area contributed by atoms with Crippen molar-refractivity contribution in [3.05, 3.63) is 64.7 Å². The fourth-order valence-corrected chi connectivity index (χ4v) is 3.79. The molecule has 0 fully saturated rings. The van der Waals surface area contributed by atoms with E-state index in [1.54, 1.807) is 12.1 Å². The Morgan fingerprint density at radius 3 is 2.38 bits per heavy atom. The third-order valence-corrected chi connectivity index (χ3v) is 5.38. The minimum atomic E-state index is -3.46. The van der Waals surface area contributed by atoms with E-state index in [-0.39, 0.29) is 10.6 Å². The maximum absolute atomic E-state index is 12.4. The summed E-state index contributed by atoms with van der Waals surface area (Å²) >= 11 is 5.84. The molecule has 0 spiro atoms. The quantitative estimate of drug-likeness (QED) is 0.917. The molecule has 0 radical (unpaired) electrons. The van der Waals surface area contributed by atoms with Crippen molar-refractivity contribution in [2.45, 2.75) is 24.3 Å². The highest BCUT2D eigenvalue weighted by molar-refractivity contribution is 7.91. The molecule has 0 aliphatic heterocycles. The predicted octanol–water partition coefficient (Wildman–Crippen LogP) is 3.38. The van der Waals surface area contributed by atoms with Crippen molar-refractivity contribution in [3.8, 4) is 0 Å². The number of hydrogen-bond acceptors (Lipinski definition) is 3. The largest absolute Gasteiger partial charge is 0.323 e. The van der Waals surface area contributed by atoms with Gasteiger partial charge >= 0.3 is 0 Å². The van der Waals surface area contributed by atoms with E-state index in [0.29, 0.717) is 5.02 Å². The third-order valence-electron chi connectivity index (χ3n) is 3.37. The highest BCUT2D eigenvalue weighted by Crippen LogP contribution is 2.21. The van der Waals surface area contributed by atoms with Gasteiger partial charge in [-0.15, -0.1) is 0 Å². The van der Waals surface area contributed by atoms with E-state index in [2.05, 4.69) is 6.92 Å². The Morgan fingerprint density at radius 2 is 1.81 bits per heavy atom. The van der Waals surface area contributed by atoms with Crippen LogP contribution >= 0.6 is 11.6 Å². The van der Waals surface area contributed by atoms with Crippen molar-refractivity contribution in [1.29, 1.82) is 0 Å². The molecule has 0 saturated heterocycles.